The van der Waals surface area contributed by atoms with Gasteiger partial charge in [-0.3, -0.25) is 0 Å². The van der Waals surface area contributed by atoms with Crippen LogP contribution in [0.5, 0.6) is 17.2 Å². The summed E-state index contributed by atoms with van der Waals surface area (Å²) >= 11 is 0. The van der Waals surface area contributed by atoms with Gasteiger partial charge in [-0.25, -0.2) is 9.18 Å². The fourth-order valence-corrected chi connectivity index (χ4v) is 4.00. The highest BCUT2D eigenvalue weighted by Crippen LogP contribution is 2.36. The molecule has 7 heteroatoms. The van der Waals surface area contributed by atoms with Crippen LogP contribution in [0.15, 0.2) is 72.8 Å². The van der Waals surface area contributed by atoms with Crippen LogP contribution in [0.4, 0.5) is 4.39 Å². The van der Waals surface area contributed by atoms with E-state index in [4.69, 9.17) is 19.3 Å². The summed E-state index contributed by atoms with van der Waals surface area (Å²) in [5.74, 6) is 1.91. The summed E-state index contributed by atoms with van der Waals surface area (Å²) in [6, 6.07) is 20.8. The Balaban J connectivity index is 0.000000243. The summed E-state index contributed by atoms with van der Waals surface area (Å²) in [4.78, 5) is 10.2. The van der Waals surface area contributed by atoms with Gasteiger partial charge in [-0.1, -0.05) is 30.3 Å². The van der Waals surface area contributed by atoms with Crippen molar-refractivity contribution in [3.8, 4) is 17.2 Å². The number of benzene rings is 3. The fourth-order valence-electron chi connectivity index (χ4n) is 4.00. The quantitative estimate of drug-likeness (QED) is 0.585. The number of rotatable bonds is 5. The molecule has 0 saturated carbocycles. The minimum Gasteiger partial charge on any atom is -0.493 e. The first-order valence-corrected chi connectivity index (χ1v) is 10.9. The number of ether oxygens (including phenoxy) is 3. The number of fused-ring (bicyclic) bond motifs is 1. The van der Waals surface area contributed by atoms with Gasteiger partial charge < -0.3 is 24.6 Å². The van der Waals surface area contributed by atoms with Crippen LogP contribution in [0.3, 0.4) is 0 Å². The van der Waals surface area contributed by atoms with Crippen LogP contribution in [0.1, 0.15) is 28.3 Å². The maximum absolute atomic E-state index is 13.2. The molecular weight excluding hydrogens is 425 g/mol. The van der Waals surface area contributed by atoms with Gasteiger partial charge in [-0.05, 0) is 60.8 Å². The molecule has 0 bridgehead atoms. The van der Waals surface area contributed by atoms with Gasteiger partial charge in [0.1, 0.15) is 11.6 Å². The largest absolute Gasteiger partial charge is 0.493 e. The number of nitrogens with one attached hydrogen (secondary N) is 1. The van der Waals surface area contributed by atoms with E-state index in [-0.39, 0.29) is 12.6 Å². The molecule has 5 rings (SSSR count). The molecule has 2 aliphatic rings. The Labute approximate surface area is 191 Å². The van der Waals surface area contributed by atoms with Gasteiger partial charge in [0.2, 0.25) is 6.79 Å². The van der Waals surface area contributed by atoms with Crippen molar-refractivity contribution in [2.75, 3.05) is 26.5 Å². The van der Waals surface area contributed by atoms with Gasteiger partial charge in [0, 0.05) is 18.5 Å². The lowest BCUT2D eigenvalue weighted by Crippen LogP contribution is -2.38. The Hall–Kier alpha value is -3.58. The van der Waals surface area contributed by atoms with E-state index in [1.54, 1.807) is 30.3 Å². The van der Waals surface area contributed by atoms with Crippen molar-refractivity contribution in [2.45, 2.75) is 12.3 Å². The van der Waals surface area contributed by atoms with E-state index in [1.807, 2.05) is 30.3 Å². The van der Waals surface area contributed by atoms with Crippen molar-refractivity contribution >= 4 is 5.97 Å². The first-order valence-electron chi connectivity index (χ1n) is 10.9. The van der Waals surface area contributed by atoms with Gasteiger partial charge in [-0.2, -0.15) is 0 Å². The summed E-state index contributed by atoms with van der Waals surface area (Å²) in [7, 11) is 0. The van der Waals surface area contributed by atoms with Gasteiger partial charge in [0.15, 0.2) is 11.5 Å². The highest BCUT2D eigenvalue weighted by atomic mass is 19.1. The van der Waals surface area contributed by atoms with E-state index in [0.29, 0.717) is 24.0 Å². The molecule has 6 nitrogen and oxygen atoms in total. The normalized spacial score (nSPS) is 18.7. The van der Waals surface area contributed by atoms with Crippen LogP contribution < -0.4 is 19.5 Å². The molecule has 33 heavy (non-hydrogen) atoms. The Morgan fingerprint density at radius 3 is 2.52 bits per heavy atom. The molecule has 0 radical (unpaired) electrons. The number of carboxylic acid groups (broad SMARTS) is 1. The lowest BCUT2D eigenvalue weighted by Gasteiger charge is -2.32. The third-order valence-electron chi connectivity index (χ3n) is 5.73. The molecule has 2 N–H and O–H groups in total. The van der Waals surface area contributed by atoms with Crippen molar-refractivity contribution in [1.29, 1.82) is 0 Å². The Morgan fingerprint density at radius 1 is 1.03 bits per heavy atom. The van der Waals surface area contributed by atoms with Crippen LogP contribution >= 0.6 is 0 Å². The number of carbonyl (C=O) groups is 1. The van der Waals surface area contributed by atoms with Crippen LogP contribution in [0.25, 0.3) is 0 Å². The zero-order chi connectivity index (χ0) is 23.0. The summed E-state index contributed by atoms with van der Waals surface area (Å²) < 4.78 is 29.9. The standard InChI is InChI=1S/C19H20FNO3.C7H6O2/c20-15-3-1-13(2-4-15)17-7-8-21-10-14(17)11-22-16-5-6-18-19(9-16)24-12-23-18;8-7(9)6-4-2-1-3-5-6/h1-6,9,14,17,21H,7-8,10-12H2;1-5H,(H,8,9)/t14-,17-;/m0./s1. The Kier molecular flexibility index (Phi) is 7.42. The minimum absolute atomic E-state index is 0.194. The number of hydrogen-bond donors (Lipinski definition) is 2. The van der Waals surface area contributed by atoms with E-state index in [9.17, 15) is 9.18 Å². The van der Waals surface area contributed by atoms with Crippen molar-refractivity contribution in [2.24, 2.45) is 5.92 Å². The zero-order valence-electron chi connectivity index (χ0n) is 18.1. The van der Waals surface area contributed by atoms with E-state index in [1.165, 1.54) is 17.7 Å². The van der Waals surface area contributed by atoms with Crippen molar-refractivity contribution < 1.29 is 28.5 Å². The molecule has 0 spiro atoms. The van der Waals surface area contributed by atoms with Crippen LogP contribution in [-0.4, -0.2) is 37.6 Å². The molecule has 3 aromatic carbocycles. The summed E-state index contributed by atoms with van der Waals surface area (Å²) in [6.45, 7) is 2.74. The molecule has 0 aliphatic carbocycles. The predicted octanol–water partition coefficient (Wildman–Crippen LogP) is 4.71. The third kappa shape index (κ3) is 6.02. The monoisotopic (exact) mass is 451 g/mol. The first-order chi connectivity index (χ1) is 16.1. The van der Waals surface area contributed by atoms with Crippen molar-refractivity contribution in [3.05, 3.63) is 89.7 Å². The Morgan fingerprint density at radius 2 is 1.79 bits per heavy atom. The smallest absolute Gasteiger partial charge is 0.335 e. The summed E-state index contributed by atoms with van der Waals surface area (Å²) in [5, 5.41) is 11.8. The van der Waals surface area contributed by atoms with E-state index < -0.39 is 5.97 Å². The molecular formula is C26H26FNO5. The van der Waals surface area contributed by atoms with Gasteiger partial charge >= 0.3 is 5.97 Å². The molecule has 0 aromatic heterocycles. The van der Waals surface area contributed by atoms with E-state index in [0.717, 1.165) is 36.8 Å². The molecule has 2 aliphatic heterocycles. The van der Waals surface area contributed by atoms with E-state index in [2.05, 4.69) is 5.32 Å². The second-order valence-electron chi connectivity index (χ2n) is 7.91. The molecule has 1 fully saturated rings. The molecule has 0 amide bonds. The fraction of sp³-hybridized carbons (Fsp3) is 0.269. The second kappa shape index (κ2) is 10.8. The molecule has 0 unspecified atom stereocenters. The minimum atomic E-state index is -0.879. The molecule has 3 aromatic rings. The van der Waals surface area contributed by atoms with Gasteiger partial charge in [-0.15, -0.1) is 0 Å². The number of aromatic carboxylic acids is 1. The van der Waals surface area contributed by atoms with E-state index >= 15 is 0 Å². The number of halogens is 1. The lowest BCUT2D eigenvalue weighted by atomic mass is 9.81. The summed E-state index contributed by atoms with van der Waals surface area (Å²) in [5.41, 5.74) is 1.51. The van der Waals surface area contributed by atoms with Gasteiger partial charge in [0.05, 0.1) is 12.2 Å². The van der Waals surface area contributed by atoms with Crippen LogP contribution in [0, 0.1) is 11.7 Å². The lowest BCUT2D eigenvalue weighted by molar-refractivity contribution is 0.0697. The number of carboxylic acids is 1. The molecule has 2 heterocycles. The van der Waals surface area contributed by atoms with Crippen LogP contribution in [-0.2, 0) is 0 Å². The SMILES string of the molecule is Fc1ccc([C@@H]2CCNC[C@H]2COc2ccc3c(c2)OCO3)cc1.O=C(O)c1ccccc1. The molecule has 2 atom stereocenters. The van der Waals surface area contributed by atoms with Crippen molar-refractivity contribution in [3.63, 3.8) is 0 Å². The average Bonchev–Trinajstić information content (AvgIpc) is 3.32. The predicted molar refractivity (Wildman–Crippen MR) is 122 cm³/mol. The summed E-state index contributed by atoms with van der Waals surface area (Å²) in [6.07, 6.45) is 1.03. The zero-order valence-corrected chi connectivity index (χ0v) is 18.1. The van der Waals surface area contributed by atoms with Gasteiger partial charge in [0.25, 0.3) is 0 Å². The maximum atomic E-state index is 13.2. The third-order valence-corrected chi connectivity index (χ3v) is 5.73. The second-order valence-corrected chi connectivity index (χ2v) is 7.91. The van der Waals surface area contributed by atoms with Crippen LogP contribution in [0.2, 0.25) is 0 Å². The number of piperidine rings is 1. The first kappa shape index (κ1) is 22.6. The average molecular weight is 451 g/mol. The highest BCUT2D eigenvalue weighted by molar-refractivity contribution is 5.87. The Bertz CT molecular complexity index is 1060. The topological polar surface area (TPSA) is 77.0 Å². The maximum Gasteiger partial charge on any atom is 0.335 e. The van der Waals surface area contributed by atoms with Crippen molar-refractivity contribution in [1.82, 2.24) is 5.32 Å². The number of hydrogen-bond acceptors (Lipinski definition) is 5. The molecule has 172 valence electrons. The highest BCUT2D eigenvalue weighted by Gasteiger charge is 2.27. The molecule has 1 saturated heterocycles.